The number of hydrogen-bond acceptors (Lipinski definition) is 6. The highest BCUT2D eigenvalue weighted by molar-refractivity contribution is 6.91. The van der Waals surface area contributed by atoms with Crippen LogP contribution in [0.2, 0.25) is 91.2 Å². The molecule has 0 aromatic heterocycles. The summed E-state index contributed by atoms with van der Waals surface area (Å²) in [6.45, 7) is 28.7. The second kappa shape index (κ2) is 10.1. The SMILES string of the molecule is C[Si](C)(C)O[Si](C)(C)O[Si](C)(C)O[Si](C)(C)O[Si](C)(C)O[Si](C)(C)CCCN. The van der Waals surface area contributed by atoms with Crippen LogP contribution in [0.1, 0.15) is 6.42 Å². The first-order chi connectivity index (χ1) is 12.1. The molecule has 0 aromatic carbocycles. The molecule has 6 nitrogen and oxygen atoms in total. The Bertz CT molecular complexity index is 494. The summed E-state index contributed by atoms with van der Waals surface area (Å²) in [5.74, 6) is 0. The van der Waals surface area contributed by atoms with Gasteiger partial charge in [0.25, 0.3) is 0 Å². The Kier molecular flexibility index (Phi) is 10.5. The van der Waals surface area contributed by atoms with Crippen molar-refractivity contribution in [1.82, 2.24) is 0 Å². The molecule has 0 aliphatic carbocycles. The summed E-state index contributed by atoms with van der Waals surface area (Å²) >= 11 is 0. The van der Waals surface area contributed by atoms with Gasteiger partial charge in [-0.15, -0.1) is 0 Å². The fourth-order valence-corrected chi connectivity index (χ4v) is 32.9. The summed E-state index contributed by atoms with van der Waals surface area (Å²) in [6, 6.07) is 1.06. The van der Waals surface area contributed by atoms with Crippen molar-refractivity contribution in [2.45, 2.75) is 97.6 Å². The molecule has 0 unspecified atom stereocenters. The van der Waals surface area contributed by atoms with Crippen molar-refractivity contribution < 1.29 is 20.6 Å². The summed E-state index contributed by atoms with van der Waals surface area (Å²) < 4.78 is 32.5. The maximum atomic E-state index is 6.57. The third kappa shape index (κ3) is 14.1. The van der Waals surface area contributed by atoms with Crippen molar-refractivity contribution in [3.63, 3.8) is 0 Å². The maximum absolute atomic E-state index is 6.57. The van der Waals surface area contributed by atoms with E-state index in [-0.39, 0.29) is 0 Å². The number of rotatable bonds is 13. The smallest absolute Gasteiger partial charge is 0.314 e. The van der Waals surface area contributed by atoms with Gasteiger partial charge in [-0.2, -0.15) is 0 Å². The van der Waals surface area contributed by atoms with Crippen LogP contribution in [-0.4, -0.2) is 57.4 Å². The van der Waals surface area contributed by atoms with Crippen LogP contribution in [0.25, 0.3) is 0 Å². The topological polar surface area (TPSA) is 72.2 Å². The van der Waals surface area contributed by atoms with Crippen molar-refractivity contribution in [2.24, 2.45) is 5.73 Å². The molecular formula is C16H47NO5Si6. The molecule has 0 atom stereocenters. The molecule has 0 aliphatic rings. The average molecular weight is 502 g/mol. The van der Waals surface area contributed by atoms with E-state index in [4.69, 9.17) is 26.3 Å². The summed E-state index contributed by atoms with van der Waals surface area (Å²) in [5, 5.41) is 0. The molecule has 0 rings (SSSR count). The van der Waals surface area contributed by atoms with Crippen LogP contribution in [-0.2, 0) is 20.6 Å². The molecule has 0 heterocycles. The Labute approximate surface area is 181 Å². The van der Waals surface area contributed by atoms with E-state index < -0.39 is 50.9 Å². The van der Waals surface area contributed by atoms with E-state index in [1.54, 1.807) is 0 Å². The number of nitrogens with two attached hydrogens (primary N) is 1. The van der Waals surface area contributed by atoms with Crippen LogP contribution >= 0.6 is 0 Å². The molecular weight excluding hydrogens is 455 g/mol. The normalized spacial score (nSPS) is 15.2. The van der Waals surface area contributed by atoms with Gasteiger partial charge < -0.3 is 26.3 Å². The average Bonchev–Trinajstić information content (AvgIpc) is 2.26. The molecule has 12 heteroatoms. The van der Waals surface area contributed by atoms with E-state index in [1.807, 2.05) is 0 Å². The first-order valence-electron chi connectivity index (χ1n) is 10.3. The highest BCUT2D eigenvalue weighted by atomic mass is 28.5. The summed E-state index contributed by atoms with van der Waals surface area (Å²) in [5.41, 5.74) is 5.68. The van der Waals surface area contributed by atoms with Crippen LogP contribution in [0.5, 0.6) is 0 Å². The van der Waals surface area contributed by atoms with E-state index in [9.17, 15) is 0 Å². The van der Waals surface area contributed by atoms with Gasteiger partial charge in [0.1, 0.15) is 0 Å². The van der Waals surface area contributed by atoms with Gasteiger partial charge in [0, 0.05) is 0 Å². The molecule has 0 saturated heterocycles. The van der Waals surface area contributed by atoms with Gasteiger partial charge >= 0.3 is 34.2 Å². The summed E-state index contributed by atoms with van der Waals surface area (Å²) in [7, 11) is -12.8. The molecule has 0 spiro atoms. The highest BCUT2D eigenvalue weighted by Gasteiger charge is 2.46. The molecule has 2 N–H and O–H groups in total. The molecule has 0 fully saturated rings. The Morgan fingerprint density at radius 2 is 0.821 bits per heavy atom. The van der Waals surface area contributed by atoms with Gasteiger partial charge in [-0.1, -0.05) is 0 Å². The van der Waals surface area contributed by atoms with Crippen molar-refractivity contribution in [3.8, 4) is 0 Å². The van der Waals surface area contributed by atoms with Gasteiger partial charge in [0.15, 0.2) is 16.6 Å². The maximum Gasteiger partial charge on any atom is 0.314 e. The highest BCUT2D eigenvalue weighted by Crippen LogP contribution is 2.28. The Morgan fingerprint density at radius 1 is 0.500 bits per heavy atom. The van der Waals surface area contributed by atoms with Crippen LogP contribution in [0.15, 0.2) is 0 Å². The predicted octanol–water partition coefficient (Wildman–Crippen LogP) is 5.27. The van der Waals surface area contributed by atoms with Gasteiger partial charge in [-0.25, -0.2) is 0 Å². The summed E-state index contributed by atoms with van der Waals surface area (Å²) in [6.07, 6.45) is 1.01. The minimum absolute atomic E-state index is 0.711. The van der Waals surface area contributed by atoms with E-state index in [0.717, 1.165) is 12.5 Å². The third-order valence-electron chi connectivity index (χ3n) is 3.53. The summed E-state index contributed by atoms with van der Waals surface area (Å²) in [4.78, 5) is 0. The van der Waals surface area contributed by atoms with Gasteiger partial charge in [0.2, 0.25) is 0 Å². The standard InChI is InChI=1S/C16H47NO5Si6/c1-23(2,3)18-25(6,7)20-27(10,11)22-28(12,13)21-26(8,9)19-24(4,5)16-14-15-17/h14-17H2,1-13H3. The fraction of sp³-hybridized carbons (Fsp3) is 1.00. The Morgan fingerprint density at radius 3 is 1.14 bits per heavy atom. The monoisotopic (exact) mass is 501 g/mol. The van der Waals surface area contributed by atoms with Gasteiger partial charge in [-0.05, 0) is 104 Å². The van der Waals surface area contributed by atoms with Gasteiger partial charge in [-0.3, -0.25) is 0 Å². The van der Waals surface area contributed by atoms with Crippen molar-refractivity contribution in [2.75, 3.05) is 6.54 Å². The zero-order valence-electron chi connectivity index (χ0n) is 20.7. The molecule has 0 bridgehead atoms. The van der Waals surface area contributed by atoms with E-state index >= 15 is 0 Å². The lowest BCUT2D eigenvalue weighted by Gasteiger charge is -2.43. The van der Waals surface area contributed by atoms with Crippen LogP contribution < -0.4 is 5.73 Å². The quantitative estimate of drug-likeness (QED) is 0.347. The lowest BCUT2D eigenvalue weighted by Crippen LogP contribution is -2.59. The second-order valence-electron chi connectivity index (χ2n) is 10.9. The van der Waals surface area contributed by atoms with E-state index in [0.29, 0.717) is 6.54 Å². The van der Waals surface area contributed by atoms with Crippen LogP contribution in [0.4, 0.5) is 0 Å². The zero-order chi connectivity index (χ0) is 22.7. The molecule has 0 saturated carbocycles. The van der Waals surface area contributed by atoms with Crippen LogP contribution in [0.3, 0.4) is 0 Å². The lowest BCUT2D eigenvalue weighted by molar-refractivity contribution is 0.282. The van der Waals surface area contributed by atoms with Crippen molar-refractivity contribution in [3.05, 3.63) is 0 Å². The second-order valence-corrected chi connectivity index (χ2v) is 34.4. The molecule has 0 radical (unpaired) electrons. The molecule has 170 valence electrons. The van der Waals surface area contributed by atoms with Crippen molar-refractivity contribution >= 4 is 50.9 Å². The first kappa shape index (κ1) is 29.1. The Hall–Kier alpha value is 1.06. The van der Waals surface area contributed by atoms with Gasteiger partial charge in [0.05, 0.1) is 0 Å². The fourth-order valence-electron chi connectivity index (χ4n) is 3.84. The van der Waals surface area contributed by atoms with Crippen molar-refractivity contribution in [1.29, 1.82) is 0 Å². The molecule has 0 aromatic rings. The molecule has 28 heavy (non-hydrogen) atoms. The van der Waals surface area contributed by atoms with E-state index in [1.165, 1.54) is 0 Å². The minimum Gasteiger partial charge on any atom is -0.437 e. The Balaban J connectivity index is 5.04. The minimum atomic E-state index is -2.41. The third-order valence-corrected chi connectivity index (χ3v) is 25.5. The number of hydrogen-bond donors (Lipinski definition) is 1. The lowest BCUT2D eigenvalue weighted by atomic mass is 10.5. The largest absolute Gasteiger partial charge is 0.437 e. The predicted molar refractivity (Wildman–Crippen MR) is 135 cm³/mol. The first-order valence-corrected chi connectivity index (χ1v) is 28.1. The van der Waals surface area contributed by atoms with Crippen LogP contribution in [0, 0.1) is 0 Å². The molecule has 0 aliphatic heterocycles. The zero-order valence-corrected chi connectivity index (χ0v) is 26.7. The molecule has 0 amide bonds. The van der Waals surface area contributed by atoms with E-state index in [2.05, 4.69) is 85.1 Å².